The van der Waals surface area contributed by atoms with Gasteiger partial charge in [-0.25, -0.2) is 4.79 Å². The third-order valence-electron chi connectivity index (χ3n) is 3.22. The number of aromatic nitrogens is 2. The standard InChI is InChI=1S/C15H14ClF3N4O3S/c1-3-26-12(25)14(15(17,18)19,21-13-23-22-8(2)27-13)20-11(24)9-5-4-6-10(16)7-9/h4-7H,3H2,1-2H3,(H,20,24)(H,21,23)/t14-/m0/s1. The van der Waals surface area contributed by atoms with Crippen LogP contribution in [0.4, 0.5) is 18.3 Å². The molecule has 1 aromatic heterocycles. The van der Waals surface area contributed by atoms with Crippen LogP contribution < -0.4 is 10.6 Å². The van der Waals surface area contributed by atoms with Gasteiger partial charge in [0.25, 0.3) is 5.91 Å². The van der Waals surface area contributed by atoms with E-state index in [1.807, 2.05) is 5.32 Å². The zero-order valence-corrected chi connectivity index (χ0v) is 15.6. The number of esters is 1. The first-order valence-corrected chi connectivity index (χ1v) is 8.69. The minimum Gasteiger partial charge on any atom is -0.463 e. The van der Waals surface area contributed by atoms with Crippen LogP contribution in [0.2, 0.25) is 5.02 Å². The molecule has 0 aliphatic heterocycles. The fourth-order valence-electron chi connectivity index (χ4n) is 2.01. The maximum absolute atomic E-state index is 13.9. The van der Waals surface area contributed by atoms with Gasteiger partial charge in [0.05, 0.1) is 6.61 Å². The van der Waals surface area contributed by atoms with Gasteiger partial charge >= 0.3 is 17.8 Å². The lowest BCUT2D eigenvalue weighted by Crippen LogP contribution is -2.69. The summed E-state index contributed by atoms with van der Waals surface area (Å²) >= 11 is 6.55. The van der Waals surface area contributed by atoms with Crippen LogP contribution in [0, 0.1) is 6.92 Å². The van der Waals surface area contributed by atoms with Crippen LogP contribution in [-0.2, 0) is 9.53 Å². The highest BCUT2D eigenvalue weighted by molar-refractivity contribution is 7.15. The van der Waals surface area contributed by atoms with E-state index >= 15 is 0 Å². The first kappa shape index (κ1) is 20.9. The highest BCUT2D eigenvalue weighted by Gasteiger charge is 2.64. The molecule has 2 N–H and O–H groups in total. The summed E-state index contributed by atoms with van der Waals surface area (Å²) in [6.07, 6.45) is -5.26. The van der Waals surface area contributed by atoms with Crippen LogP contribution in [0.1, 0.15) is 22.3 Å². The molecule has 2 aromatic rings. The maximum Gasteiger partial charge on any atom is 0.442 e. The van der Waals surface area contributed by atoms with E-state index < -0.39 is 23.7 Å². The van der Waals surface area contributed by atoms with Crippen LogP contribution in [-0.4, -0.2) is 40.5 Å². The molecule has 7 nitrogen and oxygen atoms in total. The van der Waals surface area contributed by atoms with Gasteiger partial charge in [0.15, 0.2) is 0 Å². The molecule has 2 rings (SSSR count). The van der Waals surface area contributed by atoms with E-state index in [2.05, 4.69) is 14.9 Å². The van der Waals surface area contributed by atoms with E-state index in [9.17, 15) is 22.8 Å². The molecule has 12 heteroatoms. The number of hydrogen-bond donors (Lipinski definition) is 2. The van der Waals surface area contributed by atoms with E-state index in [-0.39, 0.29) is 22.3 Å². The number of nitrogens with zero attached hydrogens (tertiary/aromatic N) is 2. The molecule has 0 saturated heterocycles. The van der Waals surface area contributed by atoms with Crippen LogP contribution in [0.25, 0.3) is 0 Å². The SMILES string of the molecule is CCOC(=O)[C@](NC(=O)c1cccc(Cl)c1)(Nc1nnc(C)s1)C(F)(F)F. The molecule has 1 heterocycles. The molecular weight excluding hydrogens is 409 g/mol. The molecule has 0 fully saturated rings. The molecule has 27 heavy (non-hydrogen) atoms. The predicted molar refractivity (Wildman–Crippen MR) is 92.6 cm³/mol. The second-order valence-electron chi connectivity index (χ2n) is 5.18. The van der Waals surface area contributed by atoms with Gasteiger partial charge < -0.3 is 15.4 Å². The summed E-state index contributed by atoms with van der Waals surface area (Å²) in [4.78, 5) is 24.7. The zero-order chi connectivity index (χ0) is 20.2. The number of hydrogen-bond acceptors (Lipinski definition) is 7. The van der Waals surface area contributed by atoms with E-state index in [1.54, 1.807) is 5.32 Å². The topological polar surface area (TPSA) is 93.2 Å². The molecule has 1 atom stereocenters. The highest BCUT2D eigenvalue weighted by atomic mass is 35.5. The lowest BCUT2D eigenvalue weighted by atomic mass is 10.1. The second kappa shape index (κ2) is 8.09. The number of carbonyl (C=O) groups is 2. The summed E-state index contributed by atoms with van der Waals surface area (Å²) < 4.78 is 46.4. The predicted octanol–water partition coefficient (Wildman–Crippen LogP) is 3.16. The number of rotatable bonds is 6. The van der Waals surface area contributed by atoms with Gasteiger partial charge in [0, 0.05) is 10.6 Å². The zero-order valence-electron chi connectivity index (χ0n) is 14.1. The van der Waals surface area contributed by atoms with Gasteiger partial charge in [-0.05, 0) is 32.0 Å². The summed E-state index contributed by atoms with van der Waals surface area (Å²) in [6.45, 7) is 2.53. The minimum atomic E-state index is -5.26. The summed E-state index contributed by atoms with van der Waals surface area (Å²) in [5.74, 6) is -2.92. The number of carbonyl (C=O) groups excluding carboxylic acids is 2. The van der Waals surface area contributed by atoms with Crippen LogP contribution in [0.15, 0.2) is 24.3 Å². The Kier molecular flexibility index (Phi) is 6.26. The Morgan fingerprint density at radius 3 is 2.52 bits per heavy atom. The van der Waals surface area contributed by atoms with Crippen molar-refractivity contribution < 1.29 is 27.5 Å². The largest absolute Gasteiger partial charge is 0.463 e. The third kappa shape index (κ3) is 4.66. The first-order chi connectivity index (χ1) is 12.6. The Morgan fingerprint density at radius 2 is 2.00 bits per heavy atom. The summed E-state index contributed by atoms with van der Waals surface area (Å²) in [6, 6.07) is 5.25. The molecule has 0 radical (unpaired) electrons. The maximum atomic E-state index is 13.9. The van der Waals surface area contributed by atoms with E-state index in [0.29, 0.717) is 5.01 Å². The Balaban J connectivity index is 2.48. The molecule has 1 aromatic carbocycles. The fourth-order valence-corrected chi connectivity index (χ4v) is 2.85. The van der Waals surface area contributed by atoms with Crippen molar-refractivity contribution in [2.45, 2.75) is 25.7 Å². The summed E-state index contributed by atoms with van der Waals surface area (Å²) in [5.41, 5.74) is -3.73. The van der Waals surface area contributed by atoms with Gasteiger partial charge in [-0.1, -0.05) is 29.0 Å². The first-order valence-electron chi connectivity index (χ1n) is 7.49. The molecule has 1 amide bonds. The van der Waals surface area contributed by atoms with Crippen molar-refractivity contribution in [3.8, 4) is 0 Å². The molecule has 0 spiro atoms. The van der Waals surface area contributed by atoms with Crippen molar-refractivity contribution in [2.24, 2.45) is 0 Å². The van der Waals surface area contributed by atoms with Gasteiger partial charge in [-0.15, -0.1) is 10.2 Å². The van der Waals surface area contributed by atoms with Crippen molar-refractivity contribution in [1.29, 1.82) is 0 Å². The monoisotopic (exact) mass is 422 g/mol. The van der Waals surface area contributed by atoms with Crippen molar-refractivity contribution in [2.75, 3.05) is 11.9 Å². The van der Waals surface area contributed by atoms with E-state index in [0.717, 1.165) is 17.4 Å². The van der Waals surface area contributed by atoms with Crippen LogP contribution in [0.3, 0.4) is 0 Å². The Labute approximate surface area is 160 Å². The number of alkyl halides is 3. The number of benzene rings is 1. The lowest BCUT2D eigenvalue weighted by molar-refractivity contribution is -0.204. The van der Waals surface area contributed by atoms with Crippen LogP contribution >= 0.6 is 22.9 Å². The lowest BCUT2D eigenvalue weighted by Gasteiger charge is -2.34. The van der Waals surface area contributed by atoms with Gasteiger partial charge in [0.2, 0.25) is 5.13 Å². The average molecular weight is 423 g/mol. The smallest absolute Gasteiger partial charge is 0.442 e. The highest BCUT2D eigenvalue weighted by Crippen LogP contribution is 2.34. The van der Waals surface area contributed by atoms with Gasteiger partial charge in [-0.3, -0.25) is 4.79 Å². The molecule has 0 aliphatic rings. The number of anilines is 1. The van der Waals surface area contributed by atoms with Gasteiger partial charge in [-0.2, -0.15) is 13.2 Å². The average Bonchev–Trinajstić information content (AvgIpc) is 2.98. The number of halogens is 4. The Morgan fingerprint density at radius 1 is 1.30 bits per heavy atom. The molecule has 0 bridgehead atoms. The van der Waals surface area contributed by atoms with Crippen molar-refractivity contribution in [3.05, 3.63) is 39.9 Å². The number of ether oxygens (including phenoxy) is 1. The second-order valence-corrected chi connectivity index (χ2v) is 6.80. The van der Waals surface area contributed by atoms with E-state index in [4.69, 9.17) is 11.6 Å². The quantitative estimate of drug-likeness (QED) is 0.548. The minimum absolute atomic E-state index is 0.143. The summed E-state index contributed by atoms with van der Waals surface area (Å²) in [5, 5.41) is 10.9. The van der Waals surface area contributed by atoms with Crippen molar-refractivity contribution in [3.63, 3.8) is 0 Å². The van der Waals surface area contributed by atoms with Crippen LogP contribution in [0.5, 0.6) is 0 Å². The molecular formula is C15H14ClF3N4O3S. The number of amides is 1. The molecule has 0 saturated carbocycles. The normalized spacial score (nSPS) is 13.6. The summed E-state index contributed by atoms with van der Waals surface area (Å²) in [7, 11) is 0. The number of nitrogens with one attached hydrogen (secondary N) is 2. The fraction of sp³-hybridized carbons (Fsp3) is 0.333. The number of aryl methyl sites for hydroxylation is 1. The Bertz CT molecular complexity index is 846. The molecule has 0 aliphatic carbocycles. The Hall–Kier alpha value is -2.40. The van der Waals surface area contributed by atoms with Gasteiger partial charge in [0.1, 0.15) is 5.01 Å². The molecule has 146 valence electrons. The van der Waals surface area contributed by atoms with E-state index in [1.165, 1.54) is 32.0 Å². The van der Waals surface area contributed by atoms with Crippen molar-refractivity contribution >= 4 is 39.9 Å². The third-order valence-corrected chi connectivity index (χ3v) is 4.20. The van der Waals surface area contributed by atoms with Crippen molar-refractivity contribution in [1.82, 2.24) is 15.5 Å². The molecule has 0 unspecified atom stereocenters.